The average molecular weight is 274 g/mol. The van der Waals surface area contributed by atoms with Crippen LogP contribution in [0, 0.1) is 6.92 Å². The van der Waals surface area contributed by atoms with E-state index >= 15 is 0 Å². The normalized spacial score (nSPS) is 11.5. The Bertz CT molecular complexity index is 491. The molecule has 0 aliphatic carbocycles. The number of hydrogen-bond acceptors (Lipinski definition) is 0. The van der Waals surface area contributed by atoms with Gasteiger partial charge in [0.25, 0.3) is 6.43 Å². The van der Waals surface area contributed by atoms with Crippen LogP contribution in [0.1, 0.15) is 5.56 Å². The molecule has 0 N–H and O–H groups in total. The first kappa shape index (κ1) is 10.6. The van der Waals surface area contributed by atoms with Gasteiger partial charge in [-0.25, -0.2) is 8.78 Å². The van der Waals surface area contributed by atoms with Gasteiger partial charge in [0.2, 0.25) is 0 Å². The predicted octanol–water partition coefficient (Wildman–Crippen LogP) is 3.98. The lowest BCUT2D eigenvalue weighted by Crippen LogP contribution is -2.04. The smallest absolute Gasteiger partial charge is 0.256 e. The quantitative estimate of drug-likeness (QED) is 0.780. The van der Waals surface area contributed by atoms with E-state index in [9.17, 15) is 8.78 Å². The minimum absolute atomic E-state index is 0.249. The first-order valence-corrected chi connectivity index (χ1v) is 5.40. The first-order chi connectivity index (χ1) is 7.08. The number of nitrogens with zero attached hydrogens (tertiary/aromatic N) is 1. The Balaban J connectivity index is 2.59. The van der Waals surface area contributed by atoms with Crippen LogP contribution >= 0.6 is 15.9 Å². The van der Waals surface area contributed by atoms with Gasteiger partial charge in [0.05, 0.1) is 6.54 Å². The van der Waals surface area contributed by atoms with Gasteiger partial charge >= 0.3 is 0 Å². The molecule has 0 aliphatic rings. The summed E-state index contributed by atoms with van der Waals surface area (Å²) in [6.45, 7) is 1.68. The molecule has 80 valence electrons. The fourth-order valence-corrected chi connectivity index (χ4v) is 2.10. The molecule has 0 bridgehead atoms. The second-order valence-electron chi connectivity index (χ2n) is 3.52. The number of aryl methyl sites for hydroxylation is 1. The highest BCUT2D eigenvalue weighted by Gasteiger charge is 2.09. The van der Waals surface area contributed by atoms with E-state index in [4.69, 9.17) is 0 Å². The fraction of sp³-hybridized carbons (Fsp3) is 0.273. The largest absolute Gasteiger partial charge is 0.341 e. The van der Waals surface area contributed by atoms with Gasteiger partial charge in [-0.3, -0.25) is 0 Å². The van der Waals surface area contributed by atoms with Crippen LogP contribution in [-0.2, 0) is 6.54 Å². The monoisotopic (exact) mass is 273 g/mol. The summed E-state index contributed by atoms with van der Waals surface area (Å²) in [5, 5.41) is 1.03. The van der Waals surface area contributed by atoms with Crippen LogP contribution in [-0.4, -0.2) is 11.0 Å². The highest BCUT2D eigenvalue weighted by molar-refractivity contribution is 9.10. The summed E-state index contributed by atoms with van der Waals surface area (Å²) in [7, 11) is 0. The summed E-state index contributed by atoms with van der Waals surface area (Å²) in [6, 6.07) is 5.73. The van der Waals surface area contributed by atoms with Gasteiger partial charge in [0, 0.05) is 21.6 Å². The summed E-state index contributed by atoms with van der Waals surface area (Å²) < 4.78 is 27.2. The average Bonchev–Trinajstić information content (AvgIpc) is 2.42. The maximum Gasteiger partial charge on any atom is 0.256 e. The van der Waals surface area contributed by atoms with E-state index in [-0.39, 0.29) is 6.54 Å². The standard InChI is InChI=1S/C11H10BrF2N/c1-7-5-15(6-11(13)14)10-4-8(12)2-3-9(7)10/h2-5,11H,6H2,1H3. The van der Waals surface area contributed by atoms with Crippen molar-refractivity contribution in [3.8, 4) is 0 Å². The molecule has 0 atom stereocenters. The molecule has 2 aromatic rings. The second kappa shape index (κ2) is 3.93. The molecule has 0 radical (unpaired) electrons. The summed E-state index contributed by atoms with van der Waals surface area (Å²) in [6.07, 6.45) is -0.553. The molecule has 1 aromatic carbocycles. The Kier molecular flexibility index (Phi) is 2.78. The molecule has 0 spiro atoms. The van der Waals surface area contributed by atoms with Crippen LogP contribution in [0.4, 0.5) is 8.78 Å². The number of benzene rings is 1. The molecule has 1 heterocycles. The Morgan fingerprint density at radius 1 is 1.40 bits per heavy atom. The minimum Gasteiger partial charge on any atom is -0.341 e. The Morgan fingerprint density at radius 3 is 2.80 bits per heavy atom. The number of fused-ring (bicyclic) bond motifs is 1. The molecule has 0 unspecified atom stereocenters. The van der Waals surface area contributed by atoms with Crippen molar-refractivity contribution in [3.05, 3.63) is 34.4 Å². The predicted molar refractivity (Wildman–Crippen MR) is 60.4 cm³/mol. The lowest BCUT2D eigenvalue weighted by Gasteiger charge is -2.03. The van der Waals surface area contributed by atoms with Gasteiger partial charge in [0.15, 0.2) is 0 Å². The van der Waals surface area contributed by atoms with Crippen LogP contribution in [0.2, 0.25) is 0 Å². The van der Waals surface area contributed by atoms with Crippen LogP contribution in [0.3, 0.4) is 0 Å². The number of hydrogen-bond donors (Lipinski definition) is 0. The van der Waals surface area contributed by atoms with Crippen LogP contribution in [0.5, 0.6) is 0 Å². The molecule has 0 saturated heterocycles. The molecule has 1 aromatic heterocycles. The van der Waals surface area contributed by atoms with Gasteiger partial charge in [-0.1, -0.05) is 22.0 Å². The summed E-state index contributed by atoms with van der Waals surface area (Å²) >= 11 is 3.34. The zero-order valence-electron chi connectivity index (χ0n) is 8.17. The number of aromatic nitrogens is 1. The third-order valence-electron chi connectivity index (χ3n) is 2.38. The van der Waals surface area contributed by atoms with Gasteiger partial charge in [-0.2, -0.15) is 0 Å². The highest BCUT2D eigenvalue weighted by Crippen LogP contribution is 2.25. The first-order valence-electron chi connectivity index (χ1n) is 4.61. The van der Waals surface area contributed by atoms with E-state index in [1.54, 1.807) is 10.8 Å². The number of alkyl halides is 2. The summed E-state index contributed by atoms with van der Waals surface area (Å²) in [5.74, 6) is 0. The molecule has 0 aliphatic heterocycles. The van der Waals surface area contributed by atoms with Crippen molar-refractivity contribution in [1.29, 1.82) is 0 Å². The lowest BCUT2D eigenvalue weighted by atomic mass is 10.2. The third kappa shape index (κ3) is 2.04. The summed E-state index contributed by atoms with van der Waals surface area (Å²) in [5.41, 5.74) is 1.88. The van der Waals surface area contributed by atoms with E-state index in [0.717, 1.165) is 20.9 Å². The molecule has 15 heavy (non-hydrogen) atoms. The molecule has 0 fully saturated rings. The Labute approximate surface area is 94.8 Å². The zero-order valence-corrected chi connectivity index (χ0v) is 9.76. The number of halogens is 3. The van der Waals surface area contributed by atoms with Crippen molar-refractivity contribution >= 4 is 26.8 Å². The molecular formula is C11H10BrF2N. The van der Waals surface area contributed by atoms with Crippen LogP contribution in [0.15, 0.2) is 28.9 Å². The van der Waals surface area contributed by atoms with E-state index in [0.29, 0.717) is 0 Å². The molecule has 0 saturated carbocycles. The van der Waals surface area contributed by atoms with Crippen LogP contribution < -0.4 is 0 Å². The van der Waals surface area contributed by atoms with Crippen LogP contribution in [0.25, 0.3) is 10.9 Å². The molecule has 2 rings (SSSR count). The number of rotatable bonds is 2. The van der Waals surface area contributed by atoms with E-state index in [2.05, 4.69) is 15.9 Å². The molecular weight excluding hydrogens is 264 g/mol. The molecule has 0 amide bonds. The minimum atomic E-state index is -2.32. The molecule has 4 heteroatoms. The van der Waals surface area contributed by atoms with Gasteiger partial charge in [0.1, 0.15) is 0 Å². The van der Waals surface area contributed by atoms with E-state index in [1.165, 1.54) is 0 Å². The van der Waals surface area contributed by atoms with Gasteiger partial charge in [-0.05, 0) is 24.6 Å². The highest BCUT2D eigenvalue weighted by atomic mass is 79.9. The third-order valence-corrected chi connectivity index (χ3v) is 2.87. The van der Waals surface area contributed by atoms with Crippen molar-refractivity contribution in [2.75, 3.05) is 0 Å². The Hall–Kier alpha value is -0.900. The maximum absolute atomic E-state index is 12.3. The van der Waals surface area contributed by atoms with E-state index in [1.807, 2.05) is 25.1 Å². The SMILES string of the molecule is Cc1cn(CC(F)F)c2cc(Br)ccc12. The zero-order chi connectivity index (χ0) is 11.0. The Morgan fingerprint density at radius 2 is 2.13 bits per heavy atom. The molecule has 1 nitrogen and oxygen atoms in total. The maximum atomic E-state index is 12.3. The van der Waals surface area contributed by atoms with Crippen molar-refractivity contribution in [1.82, 2.24) is 4.57 Å². The van der Waals surface area contributed by atoms with Crippen molar-refractivity contribution in [2.45, 2.75) is 19.9 Å². The van der Waals surface area contributed by atoms with Crippen molar-refractivity contribution in [3.63, 3.8) is 0 Å². The lowest BCUT2D eigenvalue weighted by molar-refractivity contribution is 0.128. The van der Waals surface area contributed by atoms with E-state index < -0.39 is 6.43 Å². The fourth-order valence-electron chi connectivity index (χ4n) is 1.75. The van der Waals surface area contributed by atoms with Crippen molar-refractivity contribution < 1.29 is 8.78 Å². The second-order valence-corrected chi connectivity index (χ2v) is 4.43. The summed E-state index contributed by atoms with van der Waals surface area (Å²) in [4.78, 5) is 0. The van der Waals surface area contributed by atoms with Gasteiger partial charge in [-0.15, -0.1) is 0 Å². The van der Waals surface area contributed by atoms with Gasteiger partial charge < -0.3 is 4.57 Å². The van der Waals surface area contributed by atoms with Crippen molar-refractivity contribution in [2.24, 2.45) is 0 Å². The topological polar surface area (TPSA) is 4.93 Å².